The zero-order chi connectivity index (χ0) is 16.1. The summed E-state index contributed by atoms with van der Waals surface area (Å²) in [5.41, 5.74) is 2.38. The van der Waals surface area contributed by atoms with Crippen LogP contribution in [0.15, 0.2) is 48.5 Å². The number of rotatable bonds is 6. The maximum absolute atomic E-state index is 11.3. The van der Waals surface area contributed by atoms with Crippen LogP contribution in [0.1, 0.15) is 37.3 Å². The SMILES string of the molecule is Cc1cccc(Oc2ccc([C@@H](C)CC(C)S(N)=O)cc2)c1. The average molecular weight is 317 g/mol. The van der Waals surface area contributed by atoms with Crippen LogP contribution in [0.25, 0.3) is 0 Å². The van der Waals surface area contributed by atoms with E-state index >= 15 is 0 Å². The molecule has 2 rings (SSSR count). The lowest BCUT2D eigenvalue weighted by Gasteiger charge is -2.16. The van der Waals surface area contributed by atoms with Gasteiger partial charge < -0.3 is 4.74 Å². The molecule has 0 radical (unpaired) electrons. The Labute approximate surface area is 135 Å². The van der Waals surface area contributed by atoms with Crippen LogP contribution in [-0.2, 0) is 11.0 Å². The predicted molar refractivity (Wildman–Crippen MR) is 92.5 cm³/mol. The van der Waals surface area contributed by atoms with Crippen LogP contribution in [0.3, 0.4) is 0 Å². The first kappa shape index (κ1) is 16.7. The Hall–Kier alpha value is -1.65. The number of nitrogens with two attached hydrogens (primary N) is 1. The lowest BCUT2D eigenvalue weighted by atomic mass is 9.96. The Kier molecular flexibility index (Phi) is 5.75. The normalized spacial score (nSPS) is 15.1. The molecule has 0 aliphatic heterocycles. The van der Waals surface area contributed by atoms with Gasteiger partial charge in [0.1, 0.15) is 11.5 Å². The van der Waals surface area contributed by atoms with Crippen LogP contribution in [0.5, 0.6) is 11.5 Å². The monoisotopic (exact) mass is 317 g/mol. The van der Waals surface area contributed by atoms with E-state index in [0.29, 0.717) is 5.92 Å². The molecule has 0 aliphatic carbocycles. The Bertz CT molecular complexity index is 640. The molecular weight excluding hydrogens is 294 g/mol. The molecule has 0 heterocycles. The maximum atomic E-state index is 11.3. The first-order chi connectivity index (χ1) is 10.5. The minimum absolute atomic E-state index is 0.00165. The Morgan fingerprint density at radius 1 is 1.09 bits per heavy atom. The van der Waals surface area contributed by atoms with Crippen molar-refractivity contribution in [1.29, 1.82) is 0 Å². The summed E-state index contributed by atoms with van der Waals surface area (Å²) in [6.45, 7) is 6.09. The molecule has 0 spiro atoms. The first-order valence-electron chi connectivity index (χ1n) is 7.45. The van der Waals surface area contributed by atoms with Crippen LogP contribution < -0.4 is 9.88 Å². The van der Waals surface area contributed by atoms with Gasteiger partial charge in [-0.3, -0.25) is 5.14 Å². The standard InChI is InChI=1S/C18H23NO2S/c1-13-5-4-6-18(11-13)21-17-9-7-16(8-10-17)14(2)12-15(3)22(19)20/h4-11,14-15H,12,19H2,1-3H3/t14-,15?,22?/m0/s1. The smallest absolute Gasteiger partial charge is 0.127 e. The molecule has 0 bridgehead atoms. The molecule has 0 aromatic heterocycles. The summed E-state index contributed by atoms with van der Waals surface area (Å²) < 4.78 is 17.1. The minimum Gasteiger partial charge on any atom is -0.457 e. The summed E-state index contributed by atoms with van der Waals surface area (Å²) in [4.78, 5) is 0. The van der Waals surface area contributed by atoms with Gasteiger partial charge in [-0.05, 0) is 61.6 Å². The van der Waals surface area contributed by atoms with Gasteiger partial charge in [-0.25, -0.2) is 4.21 Å². The molecule has 2 aromatic rings. The van der Waals surface area contributed by atoms with Crippen molar-refractivity contribution in [1.82, 2.24) is 0 Å². The molecule has 2 aromatic carbocycles. The van der Waals surface area contributed by atoms with E-state index in [-0.39, 0.29) is 5.25 Å². The van der Waals surface area contributed by atoms with Crippen LogP contribution in [0.4, 0.5) is 0 Å². The van der Waals surface area contributed by atoms with Crippen molar-refractivity contribution < 1.29 is 8.95 Å². The number of hydrogen-bond acceptors (Lipinski definition) is 2. The zero-order valence-electron chi connectivity index (χ0n) is 13.3. The summed E-state index contributed by atoms with van der Waals surface area (Å²) in [5.74, 6) is 1.97. The average Bonchev–Trinajstić information content (AvgIpc) is 2.47. The number of aryl methyl sites for hydroxylation is 1. The lowest BCUT2D eigenvalue weighted by molar-refractivity contribution is 0.481. The van der Waals surface area contributed by atoms with Gasteiger partial charge in [-0.15, -0.1) is 0 Å². The van der Waals surface area contributed by atoms with Crippen LogP contribution >= 0.6 is 0 Å². The molecule has 2 N–H and O–H groups in total. The fourth-order valence-corrected chi connectivity index (χ4v) is 2.89. The Morgan fingerprint density at radius 3 is 2.36 bits per heavy atom. The maximum Gasteiger partial charge on any atom is 0.127 e. The highest BCUT2D eigenvalue weighted by Crippen LogP contribution is 2.27. The second kappa shape index (κ2) is 7.56. The molecule has 0 aliphatic rings. The molecule has 0 amide bonds. The van der Waals surface area contributed by atoms with Gasteiger partial charge in [0.15, 0.2) is 0 Å². The highest BCUT2D eigenvalue weighted by molar-refractivity contribution is 7.83. The van der Waals surface area contributed by atoms with Gasteiger partial charge in [0.2, 0.25) is 0 Å². The molecule has 0 saturated heterocycles. The molecule has 0 saturated carbocycles. The van der Waals surface area contributed by atoms with Crippen LogP contribution in [-0.4, -0.2) is 9.46 Å². The molecule has 4 heteroatoms. The quantitative estimate of drug-likeness (QED) is 0.864. The fourth-order valence-electron chi connectivity index (χ4n) is 2.41. The lowest BCUT2D eigenvalue weighted by Crippen LogP contribution is -2.20. The fraction of sp³-hybridized carbons (Fsp3) is 0.333. The van der Waals surface area contributed by atoms with E-state index in [9.17, 15) is 4.21 Å². The molecular formula is C18H23NO2S. The van der Waals surface area contributed by atoms with Gasteiger partial charge in [0, 0.05) is 5.25 Å². The molecule has 3 atom stereocenters. The highest BCUT2D eigenvalue weighted by Gasteiger charge is 2.14. The van der Waals surface area contributed by atoms with Crippen molar-refractivity contribution in [2.45, 2.75) is 38.4 Å². The van der Waals surface area contributed by atoms with E-state index in [2.05, 4.69) is 19.1 Å². The van der Waals surface area contributed by atoms with Crippen molar-refractivity contribution in [3.8, 4) is 11.5 Å². The third kappa shape index (κ3) is 4.68. The second-order valence-electron chi connectivity index (χ2n) is 5.76. The van der Waals surface area contributed by atoms with Gasteiger partial charge in [0.05, 0.1) is 11.0 Å². The number of hydrogen-bond donors (Lipinski definition) is 1. The first-order valence-corrected chi connectivity index (χ1v) is 8.73. The zero-order valence-corrected chi connectivity index (χ0v) is 14.1. The van der Waals surface area contributed by atoms with Gasteiger partial charge in [-0.2, -0.15) is 0 Å². The van der Waals surface area contributed by atoms with Gasteiger partial charge in [-0.1, -0.05) is 31.2 Å². The minimum atomic E-state index is -1.26. The van der Waals surface area contributed by atoms with E-state index in [1.165, 1.54) is 11.1 Å². The van der Waals surface area contributed by atoms with Crippen molar-refractivity contribution in [2.24, 2.45) is 5.14 Å². The van der Waals surface area contributed by atoms with Gasteiger partial charge in [0.25, 0.3) is 0 Å². The highest BCUT2D eigenvalue weighted by atomic mass is 32.2. The van der Waals surface area contributed by atoms with Gasteiger partial charge >= 0.3 is 0 Å². The molecule has 118 valence electrons. The second-order valence-corrected chi connectivity index (χ2v) is 7.23. The summed E-state index contributed by atoms with van der Waals surface area (Å²) in [7, 11) is -1.26. The molecule has 0 fully saturated rings. The topological polar surface area (TPSA) is 52.3 Å². The van der Waals surface area contributed by atoms with E-state index in [1.807, 2.05) is 50.2 Å². The van der Waals surface area contributed by atoms with Crippen LogP contribution in [0.2, 0.25) is 0 Å². The Morgan fingerprint density at radius 2 is 1.77 bits per heavy atom. The van der Waals surface area contributed by atoms with Crippen molar-refractivity contribution in [2.75, 3.05) is 0 Å². The molecule has 3 nitrogen and oxygen atoms in total. The van der Waals surface area contributed by atoms with E-state index < -0.39 is 11.0 Å². The van der Waals surface area contributed by atoms with Crippen molar-refractivity contribution in [3.05, 3.63) is 59.7 Å². The number of benzene rings is 2. The third-order valence-electron chi connectivity index (χ3n) is 3.76. The number of ether oxygens (including phenoxy) is 1. The summed E-state index contributed by atoms with van der Waals surface area (Å²) in [6, 6.07) is 16.0. The van der Waals surface area contributed by atoms with Crippen molar-refractivity contribution in [3.63, 3.8) is 0 Å². The molecule has 2 unspecified atom stereocenters. The summed E-state index contributed by atoms with van der Waals surface area (Å²) in [6.07, 6.45) is 0.807. The van der Waals surface area contributed by atoms with E-state index in [1.54, 1.807) is 0 Å². The van der Waals surface area contributed by atoms with E-state index in [0.717, 1.165) is 17.9 Å². The molecule has 22 heavy (non-hydrogen) atoms. The van der Waals surface area contributed by atoms with E-state index in [4.69, 9.17) is 9.88 Å². The third-order valence-corrected chi connectivity index (χ3v) is 4.74. The largest absolute Gasteiger partial charge is 0.457 e. The summed E-state index contributed by atoms with van der Waals surface area (Å²) in [5, 5.41) is 5.44. The van der Waals surface area contributed by atoms with Crippen molar-refractivity contribution >= 4 is 11.0 Å². The predicted octanol–water partition coefficient (Wildman–Crippen LogP) is 4.29. The summed E-state index contributed by atoms with van der Waals surface area (Å²) >= 11 is 0. The van der Waals surface area contributed by atoms with Crippen LogP contribution in [0, 0.1) is 6.92 Å². The Balaban J connectivity index is 2.02.